The van der Waals surface area contributed by atoms with Crippen LogP contribution in [0.2, 0.25) is 0 Å². The van der Waals surface area contributed by atoms with Crippen LogP contribution in [-0.2, 0) is 5.41 Å². The van der Waals surface area contributed by atoms with Crippen molar-refractivity contribution in [3.63, 3.8) is 0 Å². The summed E-state index contributed by atoms with van der Waals surface area (Å²) >= 11 is 0. The van der Waals surface area contributed by atoms with Crippen LogP contribution in [0.3, 0.4) is 0 Å². The van der Waals surface area contributed by atoms with E-state index < -0.39 is 0 Å². The zero-order valence-electron chi connectivity index (χ0n) is 14.9. The molecular weight excluding hydrogens is 343 g/mol. The summed E-state index contributed by atoms with van der Waals surface area (Å²) in [6.07, 6.45) is 2.62. The van der Waals surface area contributed by atoms with Gasteiger partial charge in [-0.25, -0.2) is 5.16 Å². The van der Waals surface area contributed by atoms with E-state index in [2.05, 4.69) is 53.5 Å². The molecule has 0 unspecified atom stereocenters. The number of hydrogen-bond donors (Lipinski definition) is 3. The Morgan fingerprint density at radius 1 is 1.12 bits per heavy atom. The Kier molecular flexibility index (Phi) is 8.53. The molecule has 126 valence electrons. The van der Waals surface area contributed by atoms with Gasteiger partial charge in [-0.2, -0.15) is 34.2 Å². The number of hydrogen-bond acceptors (Lipinski definition) is 7. The summed E-state index contributed by atoms with van der Waals surface area (Å²) < 4.78 is 4.89. The summed E-state index contributed by atoms with van der Waals surface area (Å²) in [7, 11) is 0. The fraction of sp³-hybridized carbons (Fsp3) is 0.235. The summed E-state index contributed by atoms with van der Waals surface area (Å²) in [6.45, 7) is 6.21. The maximum absolute atomic E-state index is 5.54. The maximum Gasteiger partial charge on any atom is 1.00 e. The average molecular weight is 363 g/mol. The molecule has 25 heavy (non-hydrogen) atoms. The molecule has 0 bridgehead atoms. The van der Waals surface area contributed by atoms with Crippen LogP contribution in [0, 0.1) is 12.3 Å². The van der Waals surface area contributed by atoms with Crippen molar-refractivity contribution < 1.29 is 55.9 Å². The Balaban J connectivity index is 0.000000270. The number of benzene rings is 1. The van der Waals surface area contributed by atoms with Gasteiger partial charge in [-0.3, -0.25) is 0 Å². The molecule has 3 aromatic rings. The molecule has 7 nitrogen and oxygen atoms in total. The van der Waals surface area contributed by atoms with Crippen LogP contribution in [0.4, 0.5) is 23.3 Å². The van der Waals surface area contributed by atoms with Gasteiger partial charge < -0.3 is 21.3 Å². The second kappa shape index (κ2) is 9.88. The summed E-state index contributed by atoms with van der Waals surface area (Å²) in [4.78, 5) is 7.77. The number of aromatic nitrogens is 3. The van der Waals surface area contributed by atoms with Gasteiger partial charge in [0.25, 0.3) is 0 Å². The molecule has 2 heterocycles. The molecule has 0 amide bonds. The molecule has 0 aliphatic carbocycles. The molecule has 1 aromatic carbocycles. The van der Waals surface area contributed by atoms with E-state index in [1.807, 2.05) is 12.1 Å². The third-order valence-electron chi connectivity index (χ3n) is 2.89. The van der Waals surface area contributed by atoms with E-state index in [0.717, 1.165) is 11.4 Å². The number of nitrogens with one attached hydrogen (secondary N) is 1. The summed E-state index contributed by atoms with van der Waals surface area (Å²) in [5, 5.41) is 6.54. The maximum atomic E-state index is 5.54. The second-order valence-corrected chi connectivity index (χ2v) is 6.02. The van der Waals surface area contributed by atoms with E-state index in [1.54, 1.807) is 24.3 Å². The van der Waals surface area contributed by atoms with Crippen LogP contribution in [-0.4, -0.2) is 15.1 Å². The van der Waals surface area contributed by atoms with Crippen molar-refractivity contribution in [1.29, 1.82) is 0 Å². The van der Waals surface area contributed by atoms with Gasteiger partial charge in [0.2, 0.25) is 5.95 Å². The number of nitrogens with two attached hydrogens (primary N) is 2. The largest absolute Gasteiger partial charge is 1.00 e. The molecule has 5 N–H and O–H groups in total. The summed E-state index contributed by atoms with van der Waals surface area (Å²) in [6, 6.07) is 13.6. The zero-order valence-corrected chi connectivity index (χ0v) is 18.0. The standard InChI is InChI=1S/C10H10N5.C7H10NO.K/c11-8-6-9(15-10(12)14-8)13-7-4-2-1-3-5-7;1-7(2,3)6-4-5-8-9-6;/h2-6H,(H5,11,12,13,14,15);4H,1-3H3;/q2*-1;+1. The number of rotatable bonds is 2. The Morgan fingerprint density at radius 3 is 2.28 bits per heavy atom. The molecule has 0 radical (unpaired) electrons. The number of nitrogen functional groups attached to an aromatic ring is 2. The predicted molar refractivity (Wildman–Crippen MR) is 93.5 cm³/mol. The van der Waals surface area contributed by atoms with Gasteiger partial charge in [-0.1, -0.05) is 26.5 Å². The third kappa shape index (κ3) is 7.53. The van der Waals surface area contributed by atoms with Gasteiger partial charge in [-0.15, -0.1) is 18.3 Å². The van der Waals surface area contributed by atoms with Crippen LogP contribution in [0.25, 0.3) is 0 Å². The first kappa shape index (κ1) is 21.6. The SMILES string of the molecule is CC(C)(C)c1c[c-]no1.Nc1cc(Nc2cc[c-]cc2)nc(N)n1.[K+]. The minimum atomic E-state index is 0. The van der Waals surface area contributed by atoms with Crippen molar-refractivity contribution in [3.05, 3.63) is 54.4 Å². The van der Waals surface area contributed by atoms with Crippen molar-refractivity contribution in [2.45, 2.75) is 26.2 Å². The van der Waals surface area contributed by atoms with Crippen molar-refractivity contribution in [2.24, 2.45) is 0 Å². The molecule has 0 spiro atoms. The van der Waals surface area contributed by atoms with E-state index in [9.17, 15) is 0 Å². The van der Waals surface area contributed by atoms with Crippen LogP contribution in [0.15, 0.2) is 40.9 Å². The fourth-order valence-electron chi connectivity index (χ4n) is 1.71. The van der Waals surface area contributed by atoms with E-state index in [4.69, 9.17) is 16.0 Å². The van der Waals surface area contributed by atoms with Crippen molar-refractivity contribution in [2.75, 3.05) is 16.8 Å². The second-order valence-electron chi connectivity index (χ2n) is 6.02. The minimum Gasteiger partial charge on any atom is -0.470 e. The normalized spacial score (nSPS) is 10.2. The molecule has 3 rings (SSSR count). The van der Waals surface area contributed by atoms with E-state index in [1.165, 1.54) is 0 Å². The quantitative estimate of drug-likeness (QED) is 0.432. The van der Waals surface area contributed by atoms with Crippen LogP contribution in [0.1, 0.15) is 26.5 Å². The predicted octanol–water partition coefficient (Wildman–Crippen LogP) is -0.0389. The van der Waals surface area contributed by atoms with Gasteiger partial charge >= 0.3 is 51.4 Å². The van der Waals surface area contributed by atoms with Crippen molar-refractivity contribution >= 4 is 23.3 Å². The fourth-order valence-corrected chi connectivity index (χ4v) is 1.71. The number of nitrogens with zero attached hydrogens (tertiary/aromatic N) is 3. The zero-order chi connectivity index (χ0) is 17.6. The first-order valence-electron chi connectivity index (χ1n) is 7.31. The minimum absolute atomic E-state index is 0. The molecular formula is C17H20KN6O-. The van der Waals surface area contributed by atoms with Crippen LogP contribution in [0.5, 0.6) is 0 Å². The first-order valence-corrected chi connectivity index (χ1v) is 7.31. The van der Waals surface area contributed by atoms with Gasteiger partial charge in [0.05, 0.1) is 0 Å². The van der Waals surface area contributed by atoms with Gasteiger partial charge in [0.1, 0.15) is 11.6 Å². The summed E-state index contributed by atoms with van der Waals surface area (Å²) in [5.74, 6) is 1.95. The molecule has 0 saturated heterocycles. The van der Waals surface area contributed by atoms with Crippen molar-refractivity contribution in [3.8, 4) is 0 Å². The van der Waals surface area contributed by atoms with E-state index in [0.29, 0.717) is 11.6 Å². The molecule has 0 fully saturated rings. The summed E-state index contributed by atoms with van der Waals surface area (Å²) in [5.41, 5.74) is 12.0. The Bertz CT molecular complexity index is 736. The molecule has 8 heteroatoms. The Hall–Kier alpha value is -1.45. The van der Waals surface area contributed by atoms with Crippen molar-refractivity contribution in [1.82, 2.24) is 15.1 Å². The molecule has 0 atom stereocenters. The third-order valence-corrected chi connectivity index (χ3v) is 2.89. The van der Waals surface area contributed by atoms with Gasteiger partial charge in [0, 0.05) is 6.07 Å². The molecule has 0 aliphatic rings. The Labute approximate surface area is 190 Å². The van der Waals surface area contributed by atoms with Gasteiger partial charge in [0.15, 0.2) is 0 Å². The molecule has 0 saturated carbocycles. The van der Waals surface area contributed by atoms with Crippen LogP contribution < -0.4 is 68.2 Å². The molecule has 0 aliphatic heterocycles. The smallest absolute Gasteiger partial charge is 0.470 e. The Morgan fingerprint density at radius 2 is 1.80 bits per heavy atom. The number of anilines is 4. The van der Waals surface area contributed by atoms with E-state index in [-0.39, 0.29) is 62.7 Å². The molecule has 2 aromatic heterocycles. The van der Waals surface area contributed by atoms with E-state index >= 15 is 0 Å². The monoisotopic (exact) mass is 363 g/mol. The topological polar surface area (TPSA) is 116 Å². The average Bonchev–Trinajstić information content (AvgIpc) is 3.02. The van der Waals surface area contributed by atoms with Gasteiger partial charge in [-0.05, 0) is 11.2 Å². The van der Waals surface area contributed by atoms with Crippen LogP contribution >= 0.6 is 0 Å². The first-order chi connectivity index (χ1) is 11.3.